The number of nitro groups is 2. The van der Waals surface area contributed by atoms with Crippen molar-refractivity contribution in [3.05, 3.63) is 61.9 Å². The van der Waals surface area contributed by atoms with Crippen LogP contribution in [0.2, 0.25) is 0 Å². The highest BCUT2D eigenvalue weighted by atomic mass is 19.1. The van der Waals surface area contributed by atoms with E-state index < -0.39 is 27.3 Å². The Morgan fingerprint density at radius 2 is 1.81 bits per heavy atom. The fourth-order valence-electron chi connectivity index (χ4n) is 2.25. The van der Waals surface area contributed by atoms with Gasteiger partial charge in [-0.15, -0.1) is 0 Å². The summed E-state index contributed by atoms with van der Waals surface area (Å²) < 4.78 is 18.3. The molecule has 2 aromatic rings. The number of benzene rings is 2. The van der Waals surface area contributed by atoms with E-state index in [1.807, 2.05) is 0 Å². The molecule has 2 aromatic carbocycles. The summed E-state index contributed by atoms with van der Waals surface area (Å²) in [5.74, 6) is -1.51. The van der Waals surface area contributed by atoms with Crippen molar-refractivity contribution < 1.29 is 23.8 Å². The number of nitrogens with one attached hydrogen (secondary N) is 2. The quantitative estimate of drug-likeness (QED) is 0.558. The molecule has 0 aliphatic carbocycles. The smallest absolute Gasteiger partial charge is 0.311 e. The summed E-state index contributed by atoms with van der Waals surface area (Å²) in [6, 6.07) is 5.75. The number of hydrogen-bond donors (Lipinski definition) is 2. The van der Waals surface area contributed by atoms with E-state index in [-0.39, 0.29) is 23.7 Å². The number of ether oxygens (including phenoxy) is 1. The van der Waals surface area contributed by atoms with Gasteiger partial charge in [-0.05, 0) is 24.6 Å². The highest BCUT2D eigenvalue weighted by Crippen LogP contribution is 2.32. The molecule has 10 nitrogen and oxygen atoms in total. The van der Waals surface area contributed by atoms with Crippen molar-refractivity contribution in [3.63, 3.8) is 0 Å². The van der Waals surface area contributed by atoms with Gasteiger partial charge in [-0.2, -0.15) is 4.39 Å². The van der Waals surface area contributed by atoms with E-state index in [0.29, 0.717) is 11.3 Å². The number of aryl methyl sites for hydroxylation is 1. The molecule has 142 valence electrons. The lowest BCUT2D eigenvalue weighted by Gasteiger charge is -2.12. The summed E-state index contributed by atoms with van der Waals surface area (Å²) in [4.78, 5) is 32.3. The maximum Gasteiger partial charge on any atom is 0.311 e. The van der Waals surface area contributed by atoms with Gasteiger partial charge in [0.1, 0.15) is 0 Å². The lowest BCUT2D eigenvalue weighted by molar-refractivity contribution is -0.387. The minimum Gasteiger partial charge on any atom is -0.490 e. The molecule has 0 saturated heterocycles. The Morgan fingerprint density at radius 1 is 1.15 bits per heavy atom. The Balaban J connectivity index is 2.09. The second-order valence-electron chi connectivity index (χ2n) is 5.42. The molecule has 2 rings (SSSR count). The van der Waals surface area contributed by atoms with Crippen LogP contribution in [0.15, 0.2) is 30.3 Å². The van der Waals surface area contributed by atoms with Crippen molar-refractivity contribution in [1.82, 2.24) is 0 Å². The average molecular weight is 378 g/mol. The molecule has 0 heterocycles. The molecule has 0 saturated carbocycles. The van der Waals surface area contributed by atoms with E-state index in [4.69, 9.17) is 4.74 Å². The summed E-state index contributed by atoms with van der Waals surface area (Å²) in [6.45, 7) is 1.32. The third-order valence-electron chi connectivity index (χ3n) is 3.59. The van der Waals surface area contributed by atoms with Crippen LogP contribution in [0.25, 0.3) is 0 Å². The number of anilines is 2. The van der Waals surface area contributed by atoms with Crippen LogP contribution in [0, 0.1) is 33.0 Å². The van der Waals surface area contributed by atoms with Gasteiger partial charge in [-0.25, -0.2) is 0 Å². The second kappa shape index (κ2) is 8.08. The van der Waals surface area contributed by atoms with E-state index >= 15 is 0 Å². The van der Waals surface area contributed by atoms with Gasteiger partial charge in [0.05, 0.1) is 23.5 Å². The van der Waals surface area contributed by atoms with E-state index in [9.17, 15) is 29.4 Å². The normalized spacial score (nSPS) is 10.2. The number of hydrogen-bond acceptors (Lipinski definition) is 7. The van der Waals surface area contributed by atoms with E-state index in [2.05, 4.69) is 10.6 Å². The minimum absolute atomic E-state index is 0.0111. The van der Waals surface area contributed by atoms with E-state index in [0.717, 1.165) is 12.1 Å². The fourth-order valence-corrected chi connectivity index (χ4v) is 2.25. The first-order chi connectivity index (χ1) is 12.7. The Morgan fingerprint density at radius 3 is 2.41 bits per heavy atom. The molecule has 0 spiro atoms. The predicted octanol–water partition coefficient (Wildman–Crippen LogP) is 3.01. The number of methoxy groups -OCH3 is 1. The molecule has 0 bridgehead atoms. The highest BCUT2D eigenvalue weighted by molar-refractivity contribution is 5.95. The standard InChI is InChI=1S/C16H15FN4O6/c1-9-5-14(21(25)26)15(27-2)7-12(9)19-16(22)8-18-10-3-4-11(17)13(6-10)20(23)24/h3-7,18H,8H2,1-2H3,(H,19,22). The third-order valence-corrected chi connectivity index (χ3v) is 3.59. The van der Waals surface area contributed by atoms with Crippen LogP contribution >= 0.6 is 0 Å². The zero-order chi connectivity index (χ0) is 20.1. The van der Waals surface area contributed by atoms with Crippen LogP contribution in [0.4, 0.5) is 27.1 Å². The SMILES string of the molecule is COc1cc(NC(=O)CNc2ccc(F)c([N+](=O)[O-])c2)c(C)cc1[N+](=O)[O-]. The fraction of sp³-hybridized carbons (Fsp3) is 0.188. The van der Waals surface area contributed by atoms with Gasteiger partial charge in [-0.1, -0.05) is 0 Å². The van der Waals surface area contributed by atoms with Gasteiger partial charge < -0.3 is 15.4 Å². The Kier molecular flexibility index (Phi) is 5.85. The van der Waals surface area contributed by atoms with Gasteiger partial charge in [0, 0.05) is 29.6 Å². The maximum absolute atomic E-state index is 13.3. The van der Waals surface area contributed by atoms with Crippen LogP contribution in [0.5, 0.6) is 5.75 Å². The van der Waals surface area contributed by atoms with Gasteiger partial charge in [0.25, 0.3) is 0 Å². The zero-order valence-corrected chi connectivity index (χ0v) is 14.3. The van der Waals surface area contributed by atoms with Crippen molar-refractivity contribution in [1.29, 1.82) is 0 Å². The first-order valence-electron chi connectivity index (χ1n) is 7.53. The number of rotatable bonds is 7. The minimum atomic E-state index is -0.983. The second-order valence-corrected chi connectivity index (χ2v) is 5.42. The van der Waals surface area contributed by atoms with Gasteiger partial charge >= 0.3 is 11.4 Å². The van der Waals surface area contributed by atoms with Gasteiger partial charge in [0.2, 0.25) is 11.7 Å². The number of amides is 1. The van der Waals surface area contributed by atoms with Crippen LogP contribution < -0.4 is 15.4 Å². The van der Waals surface area contributed by atoms with Crippen molar-refractivity contribution in [2.45, 2.75) is 6.92 Å². The Bertz CT molecular complexity index is 918. The number of halogens is 1. The highest BCUT2D eigenvalue weighted by Gasteiger charge is 2.19. The maximum atomic E-state index is 13.3. The molecule has 0 fully saturated rings. The number of carbonyl (C=O) groups is 1. The molecule has 2 N–H and O–H groups in total. The molecule has 0 aliphatic heterocycles. The van der Waals surface area contributed by atoms with E-state index in [1.165, 1.54) is 25.3 Å². The van der Waals surface area contributed by atoms with Crippen LogP contribution in [-0.4, -0.2) is 29.4 Å². The monoisotopic (exact) mass is 378 g/mol. The topological polar surface area (TPSA) is 137 Å². The van der Waals surface area contributed by atoms with Crippen LogP contribution in [0.1, 0.15) is 5.56 Å². The van der Waals surface area contributed by atoms with Gasteiger partial charge in [-0.3, -0.25) is 25.0 Å². The average Bonchev–Trinajstić information content (AvgIpc) is 2.61. The summed E-state index contributed by atoms with van der Waals surface area (Å²) in [5.41, 5.74) is 0.0139. The van der Waals surface area contributed by atoms with Crippen molar-refractivity contribution in [2.75, 3.05) is 24.3 Å². The lowest BCUT2D eigenvalue weighted by atomic mass is 10.1. The first kappa shape index (κ1) is 19.6. The molecule has 0 radical (unpaired) electrons. The molecule has 0 aromatic heterocycles. The molecular formula is C16H15FN4O6. The third kappa shape index (κ3) is 4.66. The van der Waals surface area contributed by atoms with Crippen molar-refractivity contribution in [2.24, 2.45) is 0 Å². The molecule has 11 heteroatoms. The summed E-state index contributed by atoms with van der Waals surface area (Å²) in [7, 11) is 1.27. The number of nitro benzene ring substituents is 2. The molecule has 27 heavy (non-hydrogen) atoms. The lowest BCUT2D eigenvalue weighted by Crippen LogP contribution is -2.22. The number of nitrogens with zero attached hydrogens (tertiary/aromatic N) is 2. The first-order valence-corrected chi connectivity index (χ1v) is 7.53. The summed E-state index contributed by atoms with van der Waals surface area (Å²) in [5, 5.41) is 26.9. The van der Waals surface area contributed by atoms with Crippen LogP contribution in [-0.2, 0) is 4.79 Å². The zero-order valence-electron chi connectivity index (χ0n) is 14.3. The van der Waals surface area contributed by atoms with Gasteiger partial charge in [0.15, 0.2) is 5.75 Å². The largest absolute Gasteiger partial charge is 0.490 e. The number of carbonyl (C=O) groups excluding carboxylic acids is 1. The van der Waals surface area contributed by atoms with Crippen molar-refractivity contribution in [3.8, 4) is 5.75 Å². The Hall–Kier alpha value is -3.76. The predicted molar refractivity (Wildman–Crippen MR) is 94.6 cm³/mol. The molecule has 1 amide bonds. The molecular weight excluding hydrogens is 363 g/mol. The molecule has 0 aliphatic rings. The van der Waals surface area contributed by atoms with Crippen molar-refractivity contribution >= 4 is 28.7 Å². The molecule has 0 unspecified atom stereocenters. The molecule has 0 atom stereocenters. The van der Waals surface area contributed by atoms with E-state index in [1.54, 1.807) is 6.92 Å². The Labute approximate surface area is 152 Å². The van der Waals surface area contributed by atoms with Crippen LogP contribution in [0.3, 0.4) is 0 Å². The summed E-state index contributed by atoms with van der Waals surface area (Å²) in [6.07, 6.45) is 0. The summed E-state index contributed by atoms with van der Waals surface area (Å²) >= 11 is 0.